The zero-order valence-electron chi connectivity index (χ0n) is 15.7. The van der Waals surface area contributed by atoms with Crippen LogP contribution in [0, 0.1) is 20.8 Å². The number of benzene rings is 1. The highest BCUT2D eigenvalue weighted by atomic mass is 32.1. The standard InChI is InChI=1S/C20H20N2O4S/c1-5-22-17-7-6-14(9-16(17)21-12(3)19(22)24)20(25)26-10-18(23)15-8-11(2)27-13(15)4/h6-9H,5,10H2,1-4H3. The average Bonchev–Trinajstić information content (AvgIpc) is 2.98. The molecule has 0 spiro atoms. The number of thiophene rings is 1. The molecule has 1 aromatic carbocycles. The van der Waals surface area contributed by atoms with Crippen molar-refractivity contribution < 1.29 is 14.3 Å². The van der Waals surface area contributed by atoms with E-state index in [2.05, 4.69) is 4.98 Å². The summed E-state index contributed by atoms with van der Waals surface area (Å²) in [6, 6.07) is 6.65. The predicted octanol–water partition coefficient (Wildman–Crippen LogP) is 3.44. The van der Waals surface area contributed by atoms with E-state index in [-0.39, 0.29) is 17.9 Å². The Kier molecular flexibility index (Phi) is 5.23. The monoisotopic (exact) mass is 384 g/mol. The van der Waals surface area contributed by atoms with Crippen LogP contribution in [0.5, 0.6) is 0 Å². The van der Waals surface area contributed by atoms with E-state index in [1.54, 1.807) is 29.7 Å². The third-order valence-electron chi connectivity index (χ3n) is 4.34. The number of hydrogen-bond donors (Lipinski definition) is 0. The summed E-state index contributed by atoms with van der Waals surface area (Å²) in [5.41, 5.74) is 2.31. The van der Waals surface area contributed by atoms with Crippen LogP contribution < -0.4 is 5.56 Å². The second-order valence-corrected chi connectivity index (χ2v) is 7.74. The van der Waals surface area contributed by atoms with Gasteiger partial charge in [-0.25, -0.2) is 9.78 Å². The van der Waals surface area contributed by atoms with Gasteiger partial charge in [-0.3, -0.25) is 9.59 Å². The molecule has 0 atom stereocenters. The van der Waals surface area contributed by atoms with Crippen molar-refractivity contribution in [3.05, 3.63) is 61.2 Å². The van der Waals surface area contributed by atoms with Gasteiger partial charge >= 0.3 is 5.97 Å². The predicted molar refractivity (Wildman–Crippen MR) is 105 cm³/mol. The minimum absolute atomic E-state index is 0.146. The molecule has 0 aliphatic rings. The van der Waals surface area contributed by atoms with Crippen LogP contribution in [0.1, 0.15) is 43.1 Å². The molecule has 3 rings (SSSR count). The van der Waals surface area contributed by atoms with Crippen LogP contribution >= 0.6 is 11.3 Å². The van der Waals surface area contributed by atoms with E-state index in [9.17, 15) is 14.4 Å². The van der Waals surface area contributed by atoms with Crippen molar-refractivity contribution >= 4 is 34.1 Å². The van der Waals surface area contributed by atoms with Crippen LogP contribution in [0.3, 0.4) is 0 Å². The molecule has 6 nitrogen and oxygen atoms in total. The zero-order chi connectivity index (χ0) is 19.7. The van der Waals surface area contributed by atoms with E-state index in [1.165, 1.54) is 11.3 Å². The Morgan fingerprint density at radius 2 is 1.93 bits per heavy atom. The van der Waals surface area contributed by atoms with Crippen molar-refractivity contribution in [2.75, 3.05) is 6.61 Å². The Balaban J connectivity index is 1.82. The third kappa shape index (κ3) is 3.68. The smallest absolute Gasteiger partial charge is 0.338 e. The number of fused-ring (bicyclic) bond motifs is 1. The Morgan fingerprint density at radius 1 is 1.19 bits per heavy atom. The second-order valence-electron chi connectivity index (χ2n) is 6.28. The summed E-state index contributed by atoms with van der Waals surface area (Å²) in [5, 5.41) is 0. The van der Waals surface area contributed by atoms with Gasteiger partial charge in [-0.05, 0) is 52.0 Å². The minimum Gasteiger partial charge on any atom is -0.454 e. The van der Waals surface area contributed by atoms with Gasteiger partial charge in [0.2, 0.25) is 5.78 Å². The van der Waals surface area contributed by atoms with Crippen LogP contribution in [0.15, 0.2) is 29.1 Å². The number of ketones is 1. The molecule has 3 aromatic rings. The molecule has 0 bridgehead atoms. The number of carbonyl (C=O) groups is 2. The van der Waals surface area contributed by atoms with Crippen molar-refractivity contribution in [2.45, 2.75) is 34.2 Å². The van der Waals surface area contributed by atoms with Crippen molar-refractivity contribution in [3.8, 4) is 0 Å². The van der Waals surface area contributed by atoms with E-state index < -0.39 is 5.97 Å². The maximum absolute atomic E-state index is 12.4. The molecule has 140 valence electrons. The zero-order valence-corrected chi connectivity index (χ0v) is 16.5. The third-order valence-corrected chi connectivity index (χ3v) is 5.30. The van der Waals surface area contributed by atoms with Crippen LogP contribution in [-0.4, -0.2) is 27.9 Å². The van der Waals surface area contributed by atoms with Crippen LogP contribution in [-0.2, 0) is 11.3 Å². The molecule has 0 unspecified atom stereocenters. The molecule has 0 fully saturated rings. The van der Waals surface area contributed by atoms with Gasteiger partial charge in [-0.1, -0.05) is 0 Å². The van der Waals surface area contributed by atoms with Crippen molar-refractivity contribution in [3.63, 3.8) is 0 Å². The Bertz CT molecular complexity index is 1110. The molecule has 7 heteroatoms. The lowest BCUT2D eigenvalue weighted by Crippen LogP contribution is -2.23. The van der Waals surface area contributed by atoms with E-state index in [0.29, 0.717) is 34.4 Å². The number of ether oxygens (including phenoxy) is 1. The second kappa shape index (κ2) is 7.44. The fraction of sp³-hybridized carbons (Fsp3) is 0.300. The summed E-state index contributed by atoms with van der Waals surface area (Å²) >= 11 is 1.54. The number of aryl methyl sites for hydroxylation is 4. The quantitative estimate of drug-likeness (QED) is 0.497. The molecule has 0 saturated carbocycles. The fourth-order valence-electron chi connectivity index (χ4n) is 3.02. The van der Waals surface area contributed by atoms with E-state index in [0.717, 1.165) is 9.75 Å². The first kappa shape index (κ1) is 19.0. The lowest BCUT2D eigenvalue weighted by molar-refractivity contribution is 0.0475. The van der Waals surface area contributed by atoms with Crippen molar-refractivity contribution in [2.24, 2.45) is 0 Å². The molecule has 0 aliphatic carbocycles. The highest BCUT2D eigenvalue weighted by Gasteiger charge is 2.16. The number of carbonyl (C=O) groups excluding carboxylic acids is 2. The first-order valence-electron chi connectivity index (χ1n) is 8.60. The fourth-order valence-corrected chi connectivity index (χ4v) is 3.96. The molecule has 0 N–H and O–H groups in total. The molecule has 0 aliphatic heterocycles. The highest BCUT2D eigenvalue weighted by molar-refractivity contribution is 7.12. The van der Waals surface area contributed by atoms with Gasteiger partial charge in [0, 0.05) is 21.9 Å². The Hall–Kier alpha value is -2.80. The number of esters is 1. The summed E-state index contributed by atoms with van der Waals surface area (Å²) in [6.45, 7) is 7.52. The first-order chi connectivity index (χ1) is 12.8. The van der Waals surface area contributed by atoms with Gasteiger partial charge in [0.05, 0.1) is 16.6 Å². The molecular formula is C20H20N2O4S. The molecule has 0 saturated heterocycles. The average molecular weight is 384 g/mol. The highest BCUT2D eigenvalue weighted by Crippen LogP contribution is 2.21. The molecule has 2 aromatic heterocycles. The lowest BCUT2D eigenvalue weighted by Gasteiger charge is -2.10. The molecule has 27 heavy (non-hydrogen) atoms. The number of nitrogens with zero attached hydrogens (tertiary/aromatic N) is 2. The Labute approximate surface area is 160 Å². The SMILES string of the molecule is CCn1c(=O)c(C)nc2cc(C(=O)OCC(=O)c3cc(C)sc3C)ccc21. The van der Waals surface area contributed by atoms with Gasteiger partial charge in [0.25, 0.3) is 5.56 Å². The number of hydrogen-bond acceptors (Lipinski definition) is 6. The normalized spacial score (nSPS) is 11.0. The summed E-state index contributed by atoms with van der Waals surface area (Å²) < 4.78 is 6.80. The molecule has 2 heterocycles. The largest absolute Gasteiger partial charge is 0.454 e. The number of Topliss-reactive ketones (excluding diaryl/α,β-unsaturated/α-hetero) is 1. The van der Waals surface area contributed by atoms with Crippen LogP contribution in [0.4, 0.5) is 0 Å². The summed E-state index contributed by atoms with van der Waals surface area (Å²) in [4.78, 5) is 43.0. The summed E-state index contributed by atoms with van der Waals surface area (Å²) in [6.07, 6.45) is 0. The summed E-state index contributed by atoms with van der Waals surface area (Å²) in [7, 11) is 0. The van der Waals surface area contributed by atoms with Crippen molar-refractivity contribution in [1.29, 1.82) is 0 Å². The van der Waals surface area contributed by atoms with Gasteiger partial charge in [0.1, 0.15) is 5.69 Å². The maximum Gasteiger partial charge on any atom is 0.338 e. The van der Waals surface area contributed by atoms with E-state index in [4.69, 9.17) is 4.74 Å². The number of rotatable bonds is 5. The van der Waals surface area contributed by atoms with Crippen molar-refractivity contribution in [1.82, 2.24) is 9.55 Å². The van der Waals surface area contributed by atoms with Crippen LogP contribution in [0.2, 0.25) is 0 Å². The van der Waals surface area contributed by atoms with Gasteiger partial charge in [-0.15, -0.1) is 11.3 Å². The Morgan fingerprint density at radius 3 is 2.56 bits per heavy atom. The molecular weight excluding hydrogens is 364 g/mol. The first-order valence-corrected chi connectivity index (χ1v) is 9.42. The van der Waals surface area contributed by atoms with Crippen LogP contribution in [0.25, 0.3) is 11.0 Å². The van der Waals surface area contributed by atoms with Gasteiger partial charge < -0.3 is 9.30 Å². The number of aromatic nitrogens is 2. The summed E-state index contributed by atoms with van der Waals surface area (Å²) in [5.74, 6) is -0.816. The lowest BCUT2D eigenvalue weighted by atomic mass is 10.1. The van der Waals surface area contributed by atoms with E-state index >= 15 is 0 Å². The maximum atomic E-state index is 12.4. The molecule has 0 amide bonds. The minimum atomic E-state index is -0.594. The van der Waals surface area contributed by atoms with E-state index in [1.807, 2.05) is 26.8 Å². The van der Waals surface area contributed by atoms with Gasteiger partial charge in [0.15, 0.2) is 6.61 Å². The topological polar surface area (TPSA) is 78.3 Å². The molecule has 0 radical (unpaired) electrons. The van der Waals surface area contributed by atoms with Gasteiger partial charge in [-0.2, -0.15) is 0 Å².